The summed E-state index contributed by atoms with van der Waals surface area (Å²) in [7, 11) is 1.65. The SMILES string of the molecule is COc1cccc([C@H](C)NN)c1. The lowest BCUT2D eigenvalue weighted by molar-refractivity contribution is 0.413. The lowest BCUT2D eigenvalue weighted by Gasteiger charge is -2.10. The Kier molecular flexibility index (Phi) is 3.08. The molecule has 3 N–H and O–H groups in total. The summed E-state index contributed by atoms with van der Waals surface area (Å²) in [5.74, 6) is 6.16. The third-order valence-electron chi connectivity index (χ3n) is 1.84. The number of ether oxygens (including phenoxy) is 1. The van der Waals surface area contributed by atoms with Gasteiger partial charge in [0, 0.05) is 6.04 Å². The molecule has 0 aliphatic carbocycles. The third-order valence-corrected chi connectivity index (χ3v) is 1.84. The molecule has 0 aliphatic rings. The van der Waals surface area contributed by atoms with Crippen molar-refractivity contribution in [1.82, 2.24) is 5.43 Å². The summed E-state index contributed by atoms with van der Waals surface area (Å²) in [5, 5.41) is 0. The number of benzene rings is 1. The number of nitrogens with one attached hydrogen (secondary N) is 1. The Labute approximate surface area is 72.5 Å². The van der Waals surface area contributed by atoms with Crippen LogP contribution in [0.15, 0.2) is 24.3 Å². The summed E-state index contributed by atoms with van der Waals surface area (Å²) in [6, 6.07) is 7.98. The Morgan fingerprint density at radius 2 is 2.25 bits per heavy atom. The second-order valence-electron chi connectivity index (χ2n) is 2.66. The predicted molar refractivity (Wildman–Crippen MR) is 48.7 cm³/mol. The van der Waals surface area contributed by atoms with E-state index < -0.39 is 0 Å². The van der Waals surface area contributed by atoms with Gasteiger partial charge < -0.3 is 4.74 Å². The molecule has 3 nitrogen and oxygen atoms in total. The van der Waals surface area contributed by atoms with Crippen LogP contribution in [-0.4, -0.2) is 7.11 Å². The van der Waals surface area contributed by atoms with Gasteiger partial charge in [-0.1, -0.05) is 12.1 Å². The van der Waals surface area contributed by atoms with Gasteiger partial charge in [-0.2, -0.15) is 0 Å². The van der Waals surface area contributed by atoms with Crippen LogP contribution in [0.2, 0.25) is 0 Å². The van der Waals surface area contributed by atoms with Gasteiger partial charge in [-0.15, -0.1) is 0 Å². The minimum atomic E-state index is 0.153. The lowest BCUT2D eigenvalue weighted by Crippen LogP contribution is -2.25. The molecule has 0 bridgehead atoms. The number of methoxy groups -OCH3 is 1. The zero-order valence-corrected chi connectivity index (χ0v) is 7.37. The van der Waals surface area contributed by atoms with Gasteiger partial charge in [0.1, 0.15) is 5.75 Å². The summed E-state index contributed by atoms with van der Waals surface area (Å²) in [6.07, 6.45) is 0. The maximum Gasteiger partial charge on any atom is 0.119 e. The van der Waals surface area contributed by atoms with E-state index in [1.54, 1.807) is 7.11 Å². The van der Waals surface area contributed by atoms with Gasteiger partial charge in [0.05, 0.1) is 7.11 Å². The first-order chi connectivity index (χ1) is 5.77. The number of hydrazine groups is 1. The van der Waals surface area contributed by atoms with Gasteiger partial charge in [-0.05, 0) is 24.6 Å². The molecule has 0 fully saturated rings. The van der Waals surface area contributed by atoms with Gasteiger partial charge in [-0.25, -0.2) is 0 Å². The van der Waals surface area contributed by atoms with E-state index in [1.807, 2.05) is 31.2 Å². The number of hydrogen-bond donors (Lipinski definition) is 2. The molecule has 0 saturated heterocycles. The van der Waals surface area contributed by atoms with Crippen molar-refractivity contribution >= 4 is 0 Å². The molecule has 0 aliphatic heterocycles. The van der Waals surface area contributed by atoms with Crippen molar-refractivity contribution < 1.29 is 4.74 Å². The molecular weight excluding hydrogens is 152 g/mol. The Morgan fingerprint density at radius 1 is 1.50 bits per heavy atom. The largest absolute Gasteiger partial charge is 0.497 e. The van der Waals surface area contributed by atoms with Crippen LogP contribution in [-0.2, 0) is 0 Å². The molecule has 0 heterocycles. The molecule has 0 unspecified atom stereocenters. The van der Waals surface area contributed by atoms with E-state index in [9.17, 15) is 0 Å². The monoisotopic (exact) mass is 166 g/mol. The van der Waals surface area contributed by atoms with Crippen LogP contribution < -0.4 is 16.0 Å². The summed E-state index contributed by atoms with van der Waals surface area (Å²) < 4.78 is 5.08. The Balaban J connectivity index is 2.86. The van der Waals surface area contributed by atoms with Gasteiger partial charge in [0.2, 0.25) is 0 Å². The van der Waals surface area contributed by atoms with Crippen LogP contribution >= 0.6 is 0 Å². The fraction of sp³-hybridized carbons (Fsp3) is 0.333. The molecule has 1 aromatic rings. The molecule has 0 spiro atoms. The zero-order valence-electron chi connectivity index (χ0n) is 7.37. The quantitative estimate of drug-likeness (QED) is 0.524. The molecule has 66 valence electrons. The van der Waals surface area contributed by atoms with Gasteiger partial charge in [0.15, 0.2) is 0 Å². The maximum atomic E-state index is 5.30. The second kappa shape index (κ2) is 4.09. The summed E-state index contributed by atoms with van der Waals surface area (Å²) in [4.78, 5) is 0. The van der Waals surface area contributed by atoms with Gasteiger partial charge in [-0.3, -0.25) is 11.3 Å². The Bertz CT molecular complexity index is 250. The van der Waals surface area contributed by atoms with Crippen molar-refractivity contribution in [3.05, 3.63) is 29.8 Å². The molecular formula is C9H14N2O. The molecule has 12 heavy (non-hydrogen) atoms. The minimum absolute atomic E-state index is 0.153. The van der Waals surface area contributed by atoms with Crippen molar-refractivity contribution in [1.29, 1.82) is 0 Å². The second-order valence-corrected chi connectivity index (χ2v) is 2.66. The molecule has 0 radical (unpaired) electrons. The number of nitrogens with two attached hydrogens (primary N) is 1. The van der Waals surface area contributed by atoms with E-state index in [1.165, 1.54) is 0 Å². The van der Waals surface area contributed by atoms with E-state index in [0.29, 0.717) is 0 Å². The van der Waals surface area contributed by atoms with Crippen LogP contribution in [0.4, 0.5) is 0 Å². The Hall–Kier alpha value is -1.06. The van der Waals surface area contributed by atoms with Crippen LogP contribution in [0, 0.1) is 0 Å². The molecule has 1 aromatic carbocycles. The minimum Gasteiger partial charge on any atom is -0.497 e. The summed E-state index contributed by atoms with van der Waals surface area (Å²) >= 11 is 0. The highest BCUT2D eigenvalue weighted by molar-refractivity contribution is 5.30. The van der Waals surface area contributed by atoms with Crippen molar-refractivity contribution in [2.24, 2.45) is 5.84 Å². The van der Waals surface area contributed by atoms with Gasteiger partial charge >= 0.3 is 0 Å². The molecule has 0 amide bonds. The van der Waals surface area contributed by atoms with Crippen molar-refractivity contribution in [3.8, 4) is 5.75 Å². The molecule has 1 atom stereocenters. The van der Waals surface area contributed by atoms with Gasteiger partial charge in [0.25, 0.3) is 0 Å². The highest BCUT2D eigenvalue weighted by Gasteiger charge is 2.02. The van der Waals surface area contributed by atoms with Crippen molar-refractivity contribution in [2.45, 2.75) is 13.0 Å². The molecule has 0 saturated carbocycles. The fourth-order valence-corrected chi connectivity index (χ4v) is 1.01. The topological polar surface area (TPSA) is 47.3 Å². The third kappa shape index (κ3) is 1.96. The van der Waals surface area contributed by atoms with E-state index in [4.69, 9.17) is 10.6 Å². The predicted octanol–water partition coefficient (Wildman–Crippen LogP) is 1.22. The summed E-state index contributed by atoms with van der Waals surface area (Å²) in [6.45, 7) is 1.99. The first-order valence-corrected chi connectivity index (χ1v) is 3.88. The molecule has 0 aromatic heterocycles. The van der Waals surface area contributed by atoms with E-state index in [0.717, 1.165) is 11.3 Å². The fourth-order valence-electron chi connectivity index (χ4n) is 1.01. The Morgan fingerprint density at radius 3 is 2.83 bits per heavy atom. The van der Waals surface area contributed by atoms with Crippen LogP contribution in [0.5, 0.6) is 5.75 Å². The zero-order chi connectivity index (χ0) is 8.97. The van der Waals surface area contributed by atoms with Crippen LogP contribution in [0.3, 0.4) is 0 Å². The first-order valence-electron chi connectivity index (χ1n) is 3.88. The number of hydrogen-bond acceptors (Lipinski definition) is 3. The first kappa shape index (κ1) is 9.03. The lowest BCUT2D eigenvalue weighted by atomic mass is 10.1. The van der Waals surface area contributed by atoms with Crippen molar-refractivity contribution in [3.63, 3.8) is 0 Å². The van der Waals surface area contributed by atoms with Crippen molar-refractivity contribution in [2.75, 3.05) is 7.11 Å². The highest BCUT2D eigenvalue weighted by Crippen LogP contribution is 2.17. The molecule has 1 rings (SSSR count). The van der Waals surface area contributed by atoms with Crippen LogP contribution in [0.1, 0.15) is 18.5 Å². The summed E-state index contributed by atoms with van der Waals surface area (Å²) in [5.41, 5.74) is 3.80. The molecule has 3 heteroatoms. The standard InChI is InChI=1S/C9H14N2O/c1-7(11-10)8-4-3-5-9(6-8)12-2/h3-7,11H,10H2,1-2H3/t7-/m0/s1. The normalized spacial score (nSPS) is 12.6. The number of rotatable bonds is 3. The highest BCUT2D eigenvalue weighted by atomic mass is 16.5. The smallest absolute Gasteiger partial charge is 0.119 e. The average Bonchev–Trinajstić information content (AvgIpc) is 2.17. The van der Waals surface area contributed by atoms with Crippen LogP contribution in [0.25, 0.3) is 0 Å². The van der Waals surface area contributed by atoms with E-state index in [-0.39, 0.29) is 6.04 Å². The maximum absolute atomic E-state index is 5.30. The van der Waals surface area contributed by atoms with E-state index >= 15 is 0 Å². The average molecular weight is 166 g/mol. The van der Waals surface area contributed by atoms with E-state index in [2.05, 4.69) is 5.43 Å².